The third-order valence-electron chi connectivity index (χ3n) is 4.00. The molecule has 2 aromatic carbocycles. The minimum atomic E-state index is -4.16. The number of carboxylic acids is 1. The molecule has 0 saturated carbocycles. The van der Waals surface area contributed by atoms with E-state index in [1.54, 1.807) is 23.9 Å². The molecule has 0 aliphatic carbocycles. The van der Waals surface area contributed by atoms with Gasteiger partial charge in [0, 0.05) is 25.0 Å². The van der Waals surface area contributed by atoms with Crippen molar-refractivity contribution in [3.8, 4) is 0 Å². The SMILES string of the molecule is Cn1ccnc1C(NS(=O)(=O)c1cccc(C(=O)O)c1)c1ccccc1F. The fraction of sp³-hybridized carbons (Fsp3) is 0.111. The molecule has 9 heteroatoms. The van der Waals surface area contributed by atoms with Crippen molar-refractivity contribution < 1.29 is 22.7 Å². The topological polar surface area (TPSA) is 101 Å². The number of halogens is 1. The zero-order chi connectivity index (χ0) is 19.6. The molecule has 1 aromatic heterocycles. The van der Waals surface area contributed by atoms with Gasteiger partial charge in [0.15, 0.2) is 0 Å². The van der Waals surface area contributed by atoms with Crippen LogP contribution in [0.1, 0.15) is 27.8 Å². The minimum Gasteiger partial charge on any atom is -0.478 e. The van der Waals surface area contributed by atoms with Gasteiger partial charge >= 0.3 is 5.97 Å². The summed E-state index contributed by atoms with van der Waals surface area (Å²) in [6.07, 6.45) is 3.09. The third kappa shape index (κ3) is 3.88. The van der Waals surface area contributed by atoms with E-state index < -0.39 is 27.9 Å². The quantitative estimate of drug-likeness (QED) is 0.674. The zero-order valence-corrected chi connectivity index (χ0v) is 15.0. The maximum absolute atomic E-state index is 14.4. The van der Waals surface area contributed by atoms with Crippen LogP contribution in [0.2, 0.25) is 0 Å². The largest absolute Gasteiger partial charge is 0.478 e. The van der Waals surface area contributed by atoms with E-state index in [0.29, 0.717) is 0 Å². The highest BCUT2D eigenvalue weighted by Gasteiger charge is 2.28. The first-order valence-electron chi connectivity index (χ1n) is 7.87. The number of carbonyl (C=O) groups is 1. The summed E-state index contributed by atoms with van der Waals surface area (Å²) in [5.74, 6) is -1.55. The van der Waals surface area contributed by atoms with Crippen molar-refractivity contribution in [2.75, 3.05) is 0 Å². The number of aromatic nitrogens is 2. The van der Waals surface area contributed by atoms with E-state index in [-0.39, 0.29) is 21.8 Å². The van der Waals surface area contributed by atoms with Gasteiger partial charge in [-0.05, 0) is 24.3 Å². The first kappa shape index (κ1) is 18.7. The predicted octanol–water partition coefficient (Wildman–Crippen LogP) is 2.33. The van der Waals surface area contributed by atoms with Gasteiger partial charge in [0.2, 0.25) is 10.0 Å². The fourth-order valence-corrected chi connectivity index (χ4v) is 3.86. The molecule has 1 unspecified atom stereocenters. The van der Waals surface area contributed by atoms with E-state index in [1.165, 1.54) is 42.6 Å². The number of aromatic carboxylic acids is 1. The summed E-state index contributed by atoms with van der Waals surface area (Å²) in [4.78, 5) is 15.0. The molecule has 1 heterocycles. The lowest BCUT2D eigenvalue weighted by Gasteiger charge is -2.20. The van der Waals surface area contributed by atoms with Crippen LogP contribution in [0.3, 0.4) is 0 Å². The molecule has 27 heavy (non-hydrogen) atoms. The van der Waals surface area contributed by atoms with Gasteiger partial charge in [-0.25, -0.2) is 22.6 Å². The zero-order valence-electron chi connectivity index (χ0n) is 14.2. The Bertz CT molecular complexity index is 1100. The van der Waals surface area contributed by atoms with E-state index >= 15 is 0 Å². The second-order valence-electron chi connectivity index (χ2n) is 5.81. The number of nitrogens with zero attached hydrogens (tertiary/aromatic N) is 2. The van der Waals surface area contributed by atoms with Gasteiger partial charge in [-0.2, -0.15) is 4.72 Å². The van der Waals surface area contributed by atoms with E-state index in [2.05, 4.69) is 9.71 Å². The molecule has 0 spiro atoms. The Hall–Kier alpha value is -3.04. The number of hydrogen-bond donors (Lipinski definition) is 2. The lowest BCUT2D eigenvalue weighted by atomic mass is 10.1. The van der Waals surface area contributed by atoms with Crippen molar-refractivity contribution >= 4 is 16.0 Å². The van der Waals surface area contributed by atoms with Crippen LogP contribution in [-0.4, -0.2) is 29.0 Å². The minimum absolute atomic E-state index is 0.102. The molecule has 0 fully saturated rings. The van der Waals surface area contributed by atoms with Crippen LogP contribution >= 0.6 is 0 Å². The smallest absolute Gasteiger partial charge is 0.335 e. The first-order chi connectivity index (χ1) is 12.8. The van der Waals surface area contributed by atoms with Gasteiger partial charge in [-0.1, -0.05) is 24.3 Å². The van der Waals surface area contributed by atoms with Crippen LogP contribution < -0.4 is 4.72 Å². The summed E-state index contributed by atoms with van der Waals surface area (Å²) >= 11 is 0. The van der Waals surface area contributed by atoms with Crippen LogP contribution in [0.4, 0.5) is 4.39 Å². The Balaban J connectivity index is 2.07. The van der Waals surface area contributed by atoms with E-state index in [0.717, 1.165) is 6.07 Å². The highest BCUT2D eigenvalue weighted by molar-refractivity contribution is 7.89. The number of imidazole rings is 1. The number of aryl methyl sites for hydroxylation is 1. The predicted molar refractivity (Wildman–Crippen MR) is 95.2 cm³/mol. The Morgan fingerprint density at radius 2 is 1.96 bits per heavy atom. The number of rotatable bonds is 6. The summed E-state index contributed by atoms with van der Waals surface area (Å²) in [6, 6.07) is 9.62. The molecule has 0 aliphatic heterocycles. The van der Waals surface area contributed by atoms with E-state index in [1.807, 2.05) is 0 Å². The number of nitrogens with one attached hydrogen (secondary N) is 1. The van der Waals surface area contributed by atoms with Crippen LogP contribution in [0.15, 0.2) is 65.8 Å². The second kappa shape index (κ2) is 7.29. The number of sulfonamides is 1. The van der Waals surface area contributed by atoms with Gasteiger partial charge in [0.1, 0.15) is 17.7 Å². The van der Waals surface area contributed by atoms with Gasteiger partial charge in [0.25, 0.3) is 0 Å². The number of benzene rings is 2. The Kier molecular flexibility index (Phi) is 5.06. The molecule has 140 valence electrons. The molecular weight excluding hydrogens is 373 g/mol. The second-order valence-corrected chi connectivity index (χ2v) is 7.52. The summed E-state index contributed by atoms with van der Waals surface area (Å²) in [5, 5.41) is 9.08. The monoisotopic (exact) mass is 389 g/mol. The third-order valence-corrected chi connectivity index (χ3v) is 5.42. The summed E-state index contributed by atoms with van der Waals surface area (Å²) < 4.78 is 44.1. The van der Waals surface area contributed by atoms with E-state index in [9.17, 15) is 17.6 Å². The maximum atomic E-state index is 14.4. The van der Waals surface area contributed by atoms with Gasteiger partial charge < -0.3 is 9.67 Å². The van der Waals surface area contributed by atoms with E-state index in [4.69, 9.17) is 5.11 Å². The van der Waals surface area contributed by atoms with Crippen molar-refractivity contribution in [1.82, 2.24) is 14.3 Å². The Morgan fingerprint density at radius 1 is 1.22 bits per heavy atom. The van der Waals surface area contributed by atoms with Crippen LogP contribution in [0.25, 0.3) is 0 Å². The molecule has 0 radical (unpaired) electrons. The van der Waals surface area contributed by atoms with Crippen molar-refractivity contribution in [2.24, 2.45) is 7.05 Å². The number of hydrogen-bond acceptors (Lipinski definition) is 4. The average molecular weight is 389 g/mol. The van der Waals surface area contributed by atoms with Crippen LogP contribution in [-0.2, 0) is 17.1 Å². The average Bonchev–Trinajstić information content (AvgIpc) is 3.06. The maximum Gasteiger partial charge on any atom is 0.335 e. The summed E-state index contributed by atoms with van der Waals surface area (Å²) in [7, 11) is -2.49. The molecule has 7 nitrogen and oxygen atoms in total. The van der Waals surface area contributed by atoms with Crippen molar-refractivity contribution in [2.45, 2.75) is 10.9 Å². The molecule has 2 N–H and O–H groups in total. The first-order valence-corrected chi connectivity index (χ1v) is 9.35. The van der Waals surface area contributed by atoms with Crippen molar-refractivity contribution in [1.29, 1.82) is 0 Å². The molecule has 0 aliphatic rings. The molecule has 0 saturated heterocycles. The normalized spacial score (nSPS) is 12.7. The lowest BCUT2D eigenvalue weighted by Crippen LogP contribution is -2.32. The molecule has 3 aromatic rings. The van der Waals surface area contributed by atoms with Crippen molar-refractivity contribution in [3.63, 3.8) is 0 Å². The van der Waals surface area contributed by atoms with Gasteiger partial charge in [0.05, 0.1) is 10.5 Å². The molecule has 3 rings (SSSR count). The van der Waals surface area contributed by atoms with Gasteiger partial charge in [-0.15, -0.1) is 0 Å². The van der Waals surface area contributed by atoms with Gasteiger partial charge in [-0.3, -0.25) is 0 Å². The highest BCUT2D eigenvalue weighted by atomic mass is 32.2. The summed E-state index contributed by atoms with van der Waals surface area (Å²) in [6.45, 7) is 0. The molecule has 0 amide bonds. The molecular formula is C18H16FN3O4S. The van der Waals surface area contributed by atoms with Crippen LogP contribution in [0, 0.1) is 5.82 Å². The Labute approximate surface area is 155 Å². The number of carboxylic acid groups (broad SMARTS) is 1. The summed E-state index contributed by atoms with van der Waals surface area (Å²) in [5.41, 5.74) is -0.0675. The standard InChI is InChI=1S/C18H16FN3O4S/c1-22-10-9-20-17(22)16(14-7-2-3-8-15(14)19)21-27(25,26)13-6-4-5-12(11-13)18(23)24/h2-11,16,21H,1H3,(H,23,24). The highest BCUT2D eigenvalue weighted by Crippen LogP contribution is 2.25. The molecule has 0 bridgehead atoms. The fourth-order valence-electron chi connectivity index (χ4n) is 2.64. The van der Waals surface area contributed by atoms with Crippen LogP contribution in [0.5, 0.6) is 0 Å². The Morgan fingerprint density at radius 3 is 2.59 bits per heavy atom. The lowest BCUT2D eigenvalue weighted by molar-refractivity contribution is 0.0696. The molecule has 1 atom stereocenters. The van der Waals surface area contributed by atoms with Crippen molar-refractivity contribution in [3.05, 3.63) is 83.7 Å².